The van der Waals surface area contributed by atoms with Gasteiger partial charge in [-0.25, -0.2) is 4.79 Å². The molecule has 108 valence electrons. The van der Waals surface area contributed by atoms with Crippen molar-refractivity contribution < 1.29 is 24.4 Å². The lowest BCUT2D eigenvalue weighted by atomic mass is 10.1. The summed E-state index contributed by atoms with van der Waals surface area (Å²) in [6.07, 6.45) is 0. The Morgan fingerprint density at radius 1 is 1.55 bits per heavy atom. The largest absolute Gasteiger partial charge is 0.467 e. The van der Waals surface area contributed by atoms with Gasteiger partial charge < -0.3 is 15.2 Å². The Bertz CT molecular complexity index is 548. The number of hydrogen-bond acceptors (Lipinski definition) is 6. The molecule has 1 rings (SSSR count). The fourth-order valence-corrected chi connectivity index (χ4v) is 1.62. The van der Waals surface area contributed by atoms with Gasteiger partial charge in [0.05, 0.1) is 29.2 Å². The fraction of sp³-hybridized carbons (Fsp3) is 0.273. The third-order valence-corrected chi connectivity index (χ3v) is 2.69. The number of hydrogen-bond donors (Lipinski definition) is 2. The molecule has 0 aliphatic carbocycles. The van der Waals surface area contributed by atoms with Crippen LogP contribution in [0.15, 0.2) is 18.2 Å². The normalized spacial score (nSPS) is 11.6. The van der Waals surface area contributed by atoms with Crippen LogP contribution in [0, 0.1) is 10.1 Å². The monoisotopic (exact) mass is 302 g/mol. The minimum Gasteiger partial charge on any atom is -0.467 e. The zero-order chi connectivity index (χ0) is 15.3. The van der Waals surface area contributed by atoms with E-state index in [2.05, 4.69) is 10.1 Å². The van der Waals surface area contributed by atoms with E-state index in [1.54, 1.807) is 0 Å². The van der Waals surface area contributed by atoms with E-state index in [-0.39, 0.29) is 16.3 Å². The molecular weight excluding hydrogens is 292 g/mol. The molecule has 0 saturated carbocycles. The molecular formula is C11H11ClN2O6. The number of amides is 1. The Kier molecular flexibility index (Phi) is 5.42. The van der Waals surface area contributed by atoms with E-state index in [1.165, 1.54) is 0 Å². The third-order valence-electron chi connectivity index (χ3n) is 2.38. The molecule has 1 atom stereocenters. The number of ether oxygens (including phenoxy) is 1. The lowest BCUT2D eigenvalue weighted by Gasteiger charge is -2.14. The number of carbonyl (C=O) groups excluding carboxylic acids is 2. The molecule has 0 spiro atoms. The van der Waals surface area contributed by atoms with Crippen molar-refractivity contribution in [1.82, 2.24) is 5.32 Å². The maximum atomic E-state index is 11.9. The number of halogens is 1. The highest BCUT2D eigenvalue weighted by Gasteiger charge is 2.23. The van der Waals surface area contributed by atoms with Crippen molar-refractivity contribution in [3.8, 4) is 0 Å². The molecule has 0 bridgehead atoms. The summed E-state index contributed by atoms with van der Waals surface area (Å²) in [5, 5.41) is 21.6. The number of non-ortho nitro benzene ring substituents is 1. The van der Waals surface area contributed by atoms with Crippen LogP contribution in [0.1, 0.15) is 10.4 Å². The average Bonchev–Trinajstić information content (AvgIpc) is 2.43. The second kappa shape index (κ2) is 6.83. The number of aliphatic hydroxyl groups is 1. The van der Waals surface area contributed by atoms with Crippen molar-refractivity contribution in [2.75, 3.05) is 13.7 Å². The lowest BCUT2D eigenvalue weighted by molar-refractivity contribution is -0.384. The molecule has 20 heavy (non-hydrogen) atoms. The van der Waals surface area contributed by atoms with E-state index < -0.39 is 29.4 Å². The number of rotatable bonds is 5. The quantitative estimate of drug-likeness (QED) is 0.465. The topological polar surface area (TPSA) is 119 Å². The van der Waals surface area contributed by atoms with Crippen LogP contribution in [0.5, 0.6) is 0 Å². The summed E-state index contributed by atoms with van der Waals surface area (Å²) in [7, 11) is 1.11. The summed E-state index contributed by atoms with van der Waals surface area (Å²) >= 11 is 5.76. The average molecular weight is 303 g/mol. The van der Waals surface area contributed by atoms with Crippen LogP contribution < -0.4 is 5.32 Å². The molecule has 0 saturated heterocycles. The molecule has 0 aliphatic heterocycles. The first-order valence-electron chi connectivity index (χ1n) is 5.34. The maximum Gasteiger partial charge on any atom is 0.330 e. The van der Waals surface area contributed by atoms with Gasteiger partial charge in [-0.1, -0.05) is 11.6 Å². The van der Waals surface area contributed by atoms with E-state index >= 15 is 0 Å². The molecule has 8 nitrogen and oxygen atoms in total. The number of nitrogens with one attached hydrogen (secondary N) is 1. The van der Waals surface area contributed by atoms with Gasteiger partial charge in [-0.2, -0.15) is 0 Å². The van der Waals surface area contributed by atoms with Gasteiger partial charge in [0.2, 0.25) is 0 Å². The summed E-state index contributed by atoms with van der Waals surface area (Å²) in [6, 6.07) is 2.04. The summed E-state index contributed by atoms with van der Waals surface area (Å²) < 4.78 is 4.38. The van der Waals surface area contributed by atoms with Crippen molar-refractivity contribution in [2.24, 2.45) is 0 Å². The molecule has 1 aromatic carbocycles. The molecule has 0 heterocycles. The lowest BCUT2D eigenvalue weighted by Crippen LogP contribution is -2.44. The van der Waals surface area contributed by atoms with Gasteiger partial charge in [-0.05, 0) is 6.07 Å². The predicted octanol–water partition coefficient (Wildman–Crippen LogP) is 0.512. The van der Waals surface area contributed by atoms with Crippen LogP contribution in [0.3, 0.4) is 0 Å². The fourth-order valence-electron chi connectivity index (χ4n) is 1.36. The zero-order valence-corrected chi connectivity index (χ0v) is 11.1. The third kappa shape index (κ3) is 3.65. The van der Waals surface area contributed by atoms with Gasteiger partial charge in [0.25, 0.3) is 11.6 Å². The van der Waals surface area contributed by atoms with E-state index in [4.69, 9.17) is 16.7 Å². The highest BCUT2D eigenvalue weighted by molar-refractivity contribution is 6.34. The van der Waals surface area contributed by atoms with Crippen molar-refractivity contribution in [3.63, 3.8) is 0 Å². The number of aliphatic hydroxyl groups excluding tert-OH is 1. The molecule has 1 amide bonds. The number of methoxy groups -OCH3 is 1. The van der Waals surface area contributed by atoms with Crippen LogP contribution in [0.25, 0.3) is 0 Å². The minimum absolute atomic E-state index is 0.0559. The SMILES string of the molecule is COC(=O)C(CO)NC(=O)c1ccc([N+](=O)[O-])cc1Cl. The Hall–Kier alpha value is -2.19. The standard InChI is InChI=1S/C11H11ClN2O6/c1-20-11(17)9(5-15)13-10(16)7-3-2-6(14(18)19)4-8(7)12/h2-4,9,15H,5H2,1H3,(H,13,16). The van der Waals surface area contributed by atoms with E-state index in [0.717, 1.165) is 25.3 Å². The van der Waals surface area contributed by atoms with E-state index in [0.29, 0.717) is 0 Å². The highest BCUT2D eigenvalue weighted by Crippen LogP contribution is 2.22. The first kappa shape index (κ1) is 15.9. The Morgan fingerprint density at radius 2 is 2.20 bits per heavy atom. The summed E-state index contributed by atoms with van der Waals surface area (Å²) in [5.41, 5.74) is -0.321. The summed E-state index contributed by atoms with van der Waals surface area (Å²) in [4.78, 5) is 33.0. The highest BCUT2D eigenvalue weighted by atomic mass is 35.5. The Balaban J connectivity index is 2.92. The zero-order valence-electron chi connectivity index (χ0n) is 10.3. The maximum absolute atomic E-state index is 11.9. The van der Waals surface area contributed by atoms with Crippen LogP contribution in [0.4, 0.5) is 5.69 Å². The molecule has 1 aromatic rings. The second-order valence-electron chi connectivity index (χ2n) is 3.65. The van der Waals surface area contributed by atoms with Gasteiger partial charge in [0.1, 0.15) is 0 Å². The van der Waals surface area contributed by atoms with E-state index in [9.17, 15) is 19.7 Å². The number of nitro groups is 1. The van der Waals surface area contributed by atoms with Gasteiger partial charge in [-0.15, -0.1) is 0 Å². The van der Waals surface area contributed by atoms with Crippen LogP contribution >= 0.6 is 11.6 Å². The predicted molar refractivity (Wildman–Crippen MR) is 68.5 cm³/mol. The molecule has 1 unspecified atom stereocenters. The molecule has 0 radical (unpaired) electrons. The number of benzene rings is 1. The van der Waals surface area contributed by atoms with E-state index in [1.807, 2.05) is 0 Å². The Morgan fingerprint density at radius 3 is 2.65 bits per heavy atom. The van der Waals surface area contributed by atoms with Crippen molar-refractivity contribution in [2.45, 2.75) is 6.04 Å². The molecule has 9 heteroatoms. The summed E-state index contributed by atoms with van der Waals surface area (Å²) in [5.74, 6) is -1.58. The van der Waals surface area contributed by atoms with Gasteiger partial charge in [0, 0.05) is 12.1 Å². The molecule has 2 N–H and O–H groups in total. The molecule has 0 aliphatic rings. The Labute approximate surface area is 118 Å². The first-order valence-corrected chi connectivity index (χ1v) is 5.72. The van der Waals surface area contributed by atoms with Gasteiger partial charge in [-0.3, -0.25) is 14.9 Å². The van der Waals surface area contributed by atoms with Crippen LogP contribution in [0.2, 0.25) is 5.02 Å². The number of carbonyl (C=O) groups is 2. The van der Waals surface area contributed by atoms with Crippen molar-refractivity contribution >= 4 is 29.2 Å². The first-order chi connectivity index (χ1) is 9.40. The molecule has 0 aromatic heterocycles. The van der Waals surface area contributed by atoms with Gasteiger partial charge >= 0.3 is 5.97 Å². The van der Waals surface area contributed by atoms with Crippen LogP contribution in [-0.4, -0.2) is 41.7 Å². The minimum atomic E-state index is -1.24. The van der Waals surface area contributed by atoms with Crippen LogP contribution in [-0.2, 0) is 9.53 Å². The van der Waals surface area contributed by atoms with Crippen molar-refractivity contribution in [1.29, 1.82) is 0 Å². The number of esters is 1. The number of nitro benzene ring substituents is 1. The van der Waals surface area contributed by atoms with Crippen molar-refractivity contribution in [3.05, 3.63) is 38.9 Å². The molecule has 0 fully saturated rings. The second-order valence-corrected chi connectivity index (χ2v) is 4.06. The number of nitrogens with zero attached hydrogens (tertiary/aromatic N) is 1. The summed E-state index contributed by atoms with van der Waals surface area (Å²) in [6.45, 7) is -0.650. The smallest absolute Gasteiger partial charge is 0.330 e. The van der Waals surface area contributed by atoms with Gasteiger partial charge in [0.15, 0.2) is 6.04 Å².